The Morgan fingerprint density at radius 1 is 1.29 bits per heavy atom. The highest BCUT2D eigenvalue weighted by molar-refractivity contribution is 5.63. The Balaban J connectivity index is 2.48. The Hall–Kier alpha value is -2.37. The first kappa shape index (κ1) is 15.0. The van der Waals surface area contributed by atoms with Crippen LogP contribution in [-0.2, 0) is 6.18 Å². The summed E-state index contributed by atoms with van der Waals surface area (Å²) in [6.45, 7) is 5.52. The zero-order valence-electron chi connectivity index (χ0n) is 11.4. The van der Waals surface area contributed by atoms with Crippen LogP contribution in [0.5, 0.6) is 0 Å². The Morgan fingerprint density at radius 3 is 2.67 bits per heavy atom. The van der Waals surface area contributed by atoms with Crippen molar-refractivity contribution in [1.29, 1.82) is 0 Å². The van der Waals surface area contributed by atoms with Gasteiger partial charge in [0.25, 0.3) is 0 Å². The minimum absolute atomic E-state index is 0.0632. The van der Waals surface area contributed by atoms with Gasteiger partial charge in [0.15, 0.2) is 5.69 Å². The summed E-state index contributed by atoms with van der Waals surface area (Å²) in [6.07, 6.45) is 0.0792. The van der Waals surface area contributed by atoms with Gasteiger partial charge in [-0.05, 0) is 30.7 Å². The van der Waals surface area contributed by atoms with E-state index in [0.29, 0.717) is 5.56 Å². The number of hydrogen-bond acceptors (Lipinski definition) is 3. The van der Waals surface area contributed by atoms with E-state index in [1.165, 1.54) is 24.4 Å². The van der Waals surface area contributed by atoms with E-state index in [1.807, 2.05) is 6.92 Å². The van der Waals surface area contributed by atoms with Crippen LogP contribution in [-0.4, -0.2) is 16.5 Å². The lowest BCUT2D eigenvalue weighted by molar-refractivity contribution is -0.140. The van der Waals surface area contributed by atoms with Gasteiger partial charge < -0.3 is 5.32 Å². The zero-order chi connectivity index (χ0) is 15.5. The summed E-state index contributed by atoms with van der Waals surface area (Å²) in [5, 5.41) is 2.64. The lowest BCUT2D eigenvalue weighted by Crippen LogP contribution is -2.13. The highest BCUT2D eigenvalue weighted by Crippen LogP contribution is 2.35. The van der Waals surface area contributed by atoms with E-state index in [9.17, 15) is 13.2 Å². The number of nitrogens with zero attached hydrogens (tertiary/aromatic N) is 2. The molecule has 1 N–H and O–H groups in total. The molecule has 0 atom stereocenters. The van der Waals surface area contributed by atoms with Crippen LogP contribution < -0.4 is 5.32 Å². The first-order valence-corrected chi connectivity index (χ1v) is 6.27. The van der Waals surface area contributed by atoms with Gasteiger partial charge in [-0.3, -0.25) is 4.98 Å². The van der Waals surface area contributed by atoms with Crippen LogP contribution in [0, 0.1) is 6.92 Å². The molecule has 0 aliphatic carbocycles. The largest absolute Gasteiger partial charge is 0.435 e. The average Bonchev–Trinajstić information content (AvgIpc) is 2.44. The molecule has 0 aliphatic rings. The van der Waals surface area contributed by atoms with Gasteiger partial charge in [0.05, 0.1) is 11.4 Å². The first-order valence-electron chi connectivity index (χ1n) is 6.27. The molecule has 2 rings (SSSR count). The molecule has 0 aromatic carbocycles. The summed E-state index contributed by atoms with van der Waals surface area (Å²) < 4.78 is 39.3. The quantitative estimate of drug-likeness (QED) is 0.864. The molecular weight excluding hydrogens is 279 g/mol. The summed E-state index contributed by atoms with van der Waals surface area (Å²) >= 11 is 0. The van der Waals surface area contributed by atoms with Gasteiger partial charge in [-0.1, -0.05) is 6.08 Å². The lowest BCUT2D eigenvalue weighted by Gasteiger charge is -2.14. The second kappa shape index (κ2) is 5.95. The van der Waals surface area contributed by atoms with E-state index in [0.717, 1.165) is 5.56 Å². The van der Waals surface area contributed by atoms with E-state index in [2.05, 4.69) is 21.9 Å². The predicted molar refractivity (Wildman–Crippen MR) is 75.9 cm³/mol. The van der Waals surface area contributed by atoms with Crippen molar-refractivity contribution in [1.82, 2.24) is 9.97 Å². The van der Waals surface area contributed by atoms with E-state index in [-0.39, 0.29) is 17.9 Å². The maximum atomic E-state index is 13.1. The van der Waals surface area contributed by atoms with Crippen molar-refractivity contribution in [3.8, 4) is 11.3 Å². The number of aryl methyl sites for hydroxylation is 1. The lowest BCUT2D eigenvalue weighted by atomic mass is 10.1. The molecule has 0 fully saturated rings. The molecule has 0 radical (unpaired) electrons. The van der Waals surface area contributed by atoms with Crippen LogP contribution in [0.4, 0.5) is 18.9 Å². The number of rotatable bonds is 4. The minimum Gasteiger partial charge on any atom is -0.380 e. The Morgan fingerprint density at radius 2 is 2.05 bits per heavy atom. The van der Waals surface area contributed by atoms with Crippen LogP contribution in [0.3, 0.4) is 0 Å². The number of nitrogens with one attached hydrogen (secondary N) is 1. The molecule has 0 bridgehead atoms. The zero-order valence-corrected chi connectivity index (χ0v) is 11.4. The van der Waals surface area contributed by atoms with E-state index < -0.39 is 11.9 Å². The Kier molecular flexibility index (Phi) is 4.26. The summed E-state index contributed by atoms with van der Waals surface area (Å²) in [4.78, 5) is 7.72. The minimum atomic E-state index is -4.53. The molecule has 110 valence electrons. The van der Waals surface area contributed by atoms with Crippen molar-refractivity contribution in [2.24, 2.45) is 0 Å². The van der Waals surface area contributed by atoms with Gasteiger partial charge in [-0.2, -0.15) is 13.2 Å². The molecule has 21 heavy (non-hydrogen) atoms. The molecule has 0 unspecified atom stereocenters. The van der Waals surface area contributed by atoms with Gasteiger partial charge >= 0.3 is 6.18 Å². The third-order valence-corrected chi connectivity index (χ3v) is 2.77. The standard InChI is InChI=1S/C15H14F3N3/c1-3-6-20-13-5-4-12(21-14(13)15(16,17)18)11-7-10(2)8-19-9-11/h3-5,7-9,20H,1,6H2,2H3. The predicted octanol–water partition coefficient (Wildman–Crippen LogP) is 4.07. The maximum Gasteiger partial charge on any atom is 0.435 e. The van der Waals surface area contributed by atoms with Crippen molar-refractivity contribution < 1.29 is 13.2 Å². The molecule has 0 saturated carbocycles. The van der Waals surface area contributed by atoms with Gasteiger partial charge in [-0.15, -0.1) is 6.58 Å². The van der Waals surface area contributed by atoms with Gasteiger partial charge in [-0.25, -0.2) is 4.98 Å². The molecule has 0 amide bonds. The molecule has 2 aromatic heterocycles. The van der Waals surface area contributed by atoms with Crippen molar-refractivity contribution in [2.75, 3.05) is 11.9 Å². The Labute approximate surface area is 120 Å². The maximum absolute atomic E-state index is 13.1. The number of anilines is 1. The summed E-state index contributed by atoms with van der Waals surface area (Å²) in [7, 11) is 0. The monoisotopic (exact) mass is 293 g/mol. The smallest absolute Gasteiger partial charge is 0.380 e. The van der Waals surface area contributed by atoms with Gasteiger partial charge in [0.1, 0.15) is 0 Å². The fourth-order valence-corrected chi connectivity index (χ4v) is 1.86. The molecule has 0 saturated heterocycles. The highest BCUT2D eigenvalue weighted by Gasteiger charge is 2.35. The van der Waals surface area contributed by atoms with Crippen LogP contribution in [0.15, 0.2) is 43.2 Å². The third kappa shape index (κ3) is 3.59. The molecule has 0 aliphatic heterocycles. The molecule has 2 heterocycles. The number of pyridine rings is 2. The second-order valence-corrected chi connectivity index (χ2v) is 4.51. The SMILES string of the molecule is C=CCNc1ccc(-c2cncc(C)c2)nc1C(F)(F)F. The number of aromatic nitrogens is 2. The third-order valence-electron chi connectivity index (χ3n) is 2.77. The molecule has 3 nitrogen and oxygen atoms in total. The van der Waals surface area contributed by atoms with E-state index >= 15 is 0 Å². The van der Waals surface area contributed by atoms with Crippen molar-refractivity contribution >= 4 is 5.69 Å². The fraction of sp³-hybridized carbons (Fsp3) is 0.200. The van der Waals surface area contributed by atoms with Crippen molar-refractivity contribution in [3.05, 3.63) is 54.5 Å². The topological polar surface area (TPSA) is 37.8 Å². The van der Waals surface area contributed by atoms with Crippen molar-refractivity contribution in [3.63, 3.8) is 0 Å². The second-order valence-electron chi connectivity index (χ2n) is 4.51. The van der Waals surface area contributed by atoms with E-state index in [1.54, 1.807) is 12.3 Å². The molecular formula is C15H14F3N3. The molecule has 0 spiro atoms. The Bertz CT molecular complexity index is 651. The van der Waals surface area contributed by atoms with Crippen LogP contribution in [0.2, 0.25) is 0 Å². The van der Waals surface area contributed by atoms with E-state index in [4.69, 9.17) is 0 Å². The number of halogens is 3. The van der Waals surface area contributed by atoms with Crippen LogP contribution >= 0.6 is 0 Å². The van der Waals surface area contributed by atoms with Gasteiger partial charge in [0.2, 0.25) is 0 Å². The number of alkyl halides is 3. The molecule has 2 aromatic rings. The number of hydrogen-bond donors (Lipinski definition) is 1. The summed E-state index contributed by atoms with van der Waals surface area (Å²) in [5.74, 6) is 0. The fourth-order valence-electron chi connectivity index (χ4n) is 1.86. The van der Waals surface area contributed by atoms with Crippen molar-refractivity contribution in [2.45, 2.75) is 13.1 Å². The van der Waals surface area contributed by atoms with Gasteiger partial charge in [0, 0.05) is 24.5 Å². The summed E-state index contributed by atoms with van der Waals surface area (Å²) in [6, 6.07) is 4.65. The molecule has 6 heteroatoms. The van der Waals surface area contributed by atoms with Crippen LogP contribution in [0.1, 0.15) is 11.3 Å². The summed E-state index contributed by atoms with van der Waals surface area (Å²) in [5.41, 5.74) is 0.644. The first-order chi connectivity index (χ1) is 9.91. The highest BCUT2D eigenvalue weighted by atomic mass is 19.4. The normalized spacial score (nSPS) is 11.2. The van der Waals surface area contributed by atoms with Crippen LogP contribution in [0.25, 0.3) is 11.3 Å². The average molecular weight is 293 g/mol.